The average Bonchev–Trinajstić information content (AvgIpc) is 3.43. The molecule has 0 aromatic rings. The molecule has 0 aliphatic rings. The van der Waals surface area contributed by atoms with Crippen molar-refractivity contribution in [1.29, 1.82) is 0 Å². The smallest absolute Gasteiger partial charge is 0.305 e. The zero-order valence-corrected chi connectivity index (χ0v) is 52.5. The lowest BCUT2D eigenvalue weighted by atomic mass is 10.0. The van der Waals surface area contributed by atoms with Crippen LogP contribution in [0, 0.1) is 0 Å². The summed E-state index contributed by atoms with van der Waals surface area (Å²) in [6.45, 7) is 4.98. The number of esters is 1. The van der Waals surface area contributed by atoms with Gasteiger partial charge in [-0.05, 0) is 51.4 Å². The Bertz CT molecular complexity index is 1160. The quantitative estimate of drug-likeness (QED) is 0.0320. The Kier molecular flexibility index (Phi) is 65.9. The van der Waals surface area contributed by atoms with Crippen LogP contribution in [0.15, 0.2) is 12.2 Å². The van der Waals surface area contributed by atoms with Gasteiger partial charge in [-0.1, -0.05) is 353 Å². The third kappa shape index (κ3) is 63.6. The van der Waals surface area contributed by atoms with Crippen LogP contribution in [0.25, 0.3) is 0 Å². The Hall–Kier alpha value is -1.40. The molecule has 6 heteroatoms. The van der Waals surface area contributed by atoms with Crippen molar-refractivity contribution >= 4 is 11.9 Å². The molecule has 0 heterocycles. The monoisotopic (exact) mass is 1090 g/mol. The summed E-state index contributed by atoms with van der Waals surface area (Å²) in [5, 5.41) is 23.4. The number of nitrogens with one attached hydrogen (secondary N) is 1. The highest BCUT2D eigenvalue weighted by Crippen LogP contribution is 2.19. The molecule has 3 N–H and O–H groups in total. The Morgan fingerprint density at radius 2 is 0.610 bits per heavy atom. The van der Waals surface area contributed by atoms with Crippen LogP contribution in [0.2, 0.25) is 0 Å². The van der Waals surface area contributed by atoms with Gasteiger partial charge in [-0.15, -0.1) is 0 Å². The molecule has 6 nitrogen and oxygen atoms in total. The molecule has 0 aliphatic heterocycles. The second kappa shape index (κ2) is 67.1. The van der Waals surface area contributed by atoms with Gasteiger partial charge in [0.05, 0.1) is 25.4 Å². The van der Waals surface area contributed by atoms with Crippen molar-refractivity contribution in [2.75, 3.05) is 13.2 Å². The summed E-state index contributed by atoms with van der Waals surface area (Å²) >= 11 is 0. The molecule has 0 saturated carbocycles. The van der Waals surface area contributed by atoms with Gasteiger partial charge in [-0.2, -0.15) is 0 Å². The summed E-state index contributed by atoms with van der Waals surface area (Å²) in [7, 11) is 0. The van der Waals surface area contributed by atoms with Gasteiger partial charge in [0.15, 0.2) is 0 Å². The molecule has 0 spiro atoms. The number of unbranched alkanes of at least 4 members (excludes halogenated alkanes) is 54. The van der Waals surface area contributed by atoms with Gasteiger partial charge in [0.25, 0.3) is 0 Å². The molecule has 1 amide bonds. The van der Waals surface area contributed by atoms with Crippen molar-refractivity contribution in [2.45, 2.75) is 418 Å². The van der Waals surface area contributed by atoms with Gasteiger partial charge < -0.3 is 20.3 Å². The molecule has 0 radical (unpaired) electrons. The Morgan fingerprint density at radius 3 is 0.922 bits per heavy atom. The predicted octanol–water partition coefficient (Wildman–Crippen LogP) is 22.8. The average molecular weight is 1090 g/mol. The number of rotatable bonds is 67. The number of aliphatic hydroxyl groups excluding tert-OH is 2. The van der Waals surface area contributed by atoms with Crippen LogP contribution in [-0.4, -0.2) is 47.4 Å². The molecule has 0 rings (SSSR count). The second-order valence-electron chi connectivity index (χ2n) is 24.6. The normalized spacial score (nSPS) is 12.5. The number of ether oxygens (including phenoxy) is 1. The minimum absolute atomic E-state index is 0.00450. The lowest BCUT2D eigenvalue weighted by molar-refractivity contribution is -0.143. The number of carbonyl (C=O) groups is 2. The second-order valence-corrected chi connectivity index (χ2v) is 24.6. The Balaban J connectivity index is 3.39. The largest absolute Gasteiger partial charge is 0.466 e. The summed E-state index contributed by atoms with van der Waals surface area (Å²) in [4.78, 5) is 24.7. The molecule has 0 bridgehead atoms. The molecule has 2 atom stereocenters. The molecule has 458 valence electrons. The Morgan fingerprint density at radius 1 is 0.351 bits per heavy atom. The van der Waals surface area contributed by atoms with Crippen LogP contribution in [0.1, 0.15) is 406 Å². The highest BCUT2D eigenvalue weighted by molar-refractivity contribution is 5.76. The maximum atomic E-state index is 12.6. The zero-order valence-electron chi connectivity index (χ0n) is 52.5. The predicted molar refractivity (Wildman–Crippen MR) is 338 cm³/mol. The maximum Gasteiger partial charge on any atom is 0.305 e. The number of aliphatic hydroxyl groups is 2. The van der Waals surface area contributed by atoms with Gasteiger partial charge >= 0.3 is 5.97 Å². The minimum atomic E-state index is -0.670. The van der Waals surface area contributed by atoms with E-state index in [2.05, 4.69) is 31.3 Å². The lowest BCUT2D eigenvalue weighted by Gasteiger charge is -2.22. The van der Waals surface area contributed by atoms with Gasteiger partial charge in [-0.25, -0.2) is 0 Å². The van der Waals surface area contributed by atoms with E-state index in [1.165, 1.54) is 327 Å². The third-order valence-corrected chi connectivity index (χ3v) is 16.8. The first kappa shape index (κ1) is 75.6. The van der Waals surface area contributed by atoms with Crippen LogP contribution in [0.4, 0.5) is 0 Å². The highest BCUT2D eigenvalue weighted by atomic mass is 16.5. The van der Waals surface area contributed by atoms with Crippen molar-refractivity contribution in [2.24, 2.45) is 0 Å². The van der Waals surface area contributed by atoms with Crippen molar-refractivity contribution < 1.29 is 24.5 Å². The summed E-state index contributed by atoms with van der Waals surface area (Å²) in [6.07, 6.45) is 82.5. The van der Waals surface area contributed by atoms with E-state index in [0.717, 1.165) is 44.9 Å². The fourth-order valence-electron chi connectivity index (χ4n) is 11.4. The summed E-state index contributed by atoms with van der Waals surface area (Å²) < 4.78 is 5.50. The standard InChI is InChI=1S/C71H139NO5/c1-3-5-7-9-11-13-15-17-19-21-23-24-25-26-27-28-30-31-35-39-43-47-51-55-59-63-69(74)68(67-73)72-70(75)64-60-56-52-48-44-40-36-33-34-38-42-46-50-54-58-62-66-77-71(76)65-61-57-53-49-45-41-37-32-29-22-20-18-16-14-12-10-8-6-4-2/h18,20,68-69,73-74H,3-17,19,21-67H2,1-2H3,(H,72,75)/b20-18-. The molecule has 0 saturated heterocycles. The van der Waals surface area contributed by atoms with Crippen molar-refractivity contribution in [1.82, 2.24) is 5.32 Å². The van der Waals surface area contributed by atoms with Crippen LogP contribution in [0.5, 0.6) is 0 Å². The van der Waals surface area contributed by atoms with E-state index in [0.29, 0.717) is 25.9 Å². The van der Waals surface area contributed by atoms with Crippen LogP contribution in [-0.2, 0) is 14.3 Å². The first-order valence-corrected chi connectivity index (χ1v) is 35.4. The minimum Gasteiger partial charge on any atom is -0.466 e. The van der Waals surface area contributed by atoms with Crippen LogP contribution >= 0.6 is 0 Å². The van der Waals surface area contributed by atoms with Crippen molar-refractivity contribution in [3.63, 3.8) is 0 Å². The van der Waals surface area contributed by atoms with E-state index < -0.39 is 12.1 Å². The van der Waals surface area contributed by atoms with E-state index >= 15 is 0 Å². The molecule has 77 heavy (non-hydrogen) atoms. The fraction of sp³-hybridized carbons (Fsp3) is 0.944. The number of hydrogen-bond acceptors (Lipinski definition) is 5. The van der Waals surface area contributed by atoms with E-state index in [4.69, 9.17) is 4.74 Å². The summed E-state index contributed by atoms with van der Waals surface area (Å²) in [5.74, 6) is -0.0318. The first-order valence-electron chi connectivity index (χ1n) is 35.4. The summed E-state index contributed by atoms with van der Waals surface area (Å²) in [6, 6.07) is -0.548. The van der Waals surface area contributed by atoms with Gasteiger partial charge in [0.2, 0.25) is 5.91 Å². The van der Waals surface area contributed by atoms with Crippen molar-refractivity contribution in [3.05, 3.63) is 12.2 Å². The van der Waals surface area contributed by atoms with E-state index in [1.54, 1.807) is 0 Å². The molecule has 0 aromatic carbocycles. The lowest BCUT2D eigenvalue weighted by Crippen LogP contribution is -2.45. The topological polar surface area (TPSA) is 95.9 Å². The first-order chi connectivity index (χ1) is 38.0. The van der Waals surface area contributed by atoms with Crippen LogP contribution in [0.3, 0.4) is 0 Å². The van der Waals surface area contributed by atoms with Gasteiger partial charge in [0, 0.05) is 12.8 Å². The number of amides is 1. The van der Waals surface area contributed by atoms with Gasteiger partial charge in [-0.3, -0.25) is 9.59 Å². The van der Waals surface area contributed by atoms with E-state index in [9.17, 15) is 19.8 Å². The molecule has 2 unspecified atom stereocenters. The highest BCUT2D eigenvalue weighted by Gasteiger charge is 2.20. The molecule has 0 aliphatic carbocycles. The third-order valence-electron chi connectivity index (χ3n) is 16.8. The zero-order chi connectivity index (χ0) is 55.7. The number of hydrogen-bond donors (Lipinski definition) is 3. The molecular formula is C71H139NO5. The van der Waals surface area contributed by atoms with E-state index in [-0.39, 0.29) is 18.5 Å². The maximum absolute atomic E-state index is 12.6. The fourth-order valence-corrected chi connectivity index (χ4v) is 11.4. The van der Waals surface area contributed by atoms with Gasteiger partial charge in [0.1, 0.15) is 0 Å². The number of allylic oxidation sites excluding steroid dienone is 2. The SMILES string of the molecule is CCCCCCCC/C=C\CCCCCCCCCCCC(=O)OCCCCCCCCCCCCCCCCCCC(=O)NC(CO)C(O)CCCCCCCCCCCCCCCCCCCCCCCCCCC. The van der Waals surface area contributed by atoms with Crippen molar-refractivity contribution in [3.8, 4) is 0 Å². The molecule has 0 aromatic heterocycles. The molecular weight excluding hydrogens is 947 g/mol. The number of carbonyl (C=O) groups excluding carboxylic acids is 2. The summed E-state index contributed by atoms with van der Waals surface area (Å²) in [5.41, 5.74) is 0. The van der Waals surface area contributed by atoms with E-state index in [1.807, 2.05) is 0 Å². The molecule has 0 fully saturated rings. The van der Waals surface area contributed by atoms with Crippen LogP contribution < -0.4 is 5.32 Å². The Labute approximate surface area is 482 Å².